The van der Waals surface area contributed by atoms with Crippen LogP contribution in [0.25, 0.3) is 11.1 Å². The van der Waals surface area contributed by atoms with Crippen LogP contribution in [0.1, 0.15) is 63.6 Å². The summed E-state index contributed by atoms with van der Waals surface area (Å²) in [6.45, 7) is 0.0632. The van der Waals surface area contributed by atoms with Gasteiger partial charge in [-0.3, -0.25) is 29.3 Å². The summed E-state index contributed by atoms with van der Waals surface area (Å²) in [5.74, 6) is -1.37. The molecule has 0 unspecified atom stereocenters. The van der Waals surface area contributed by atoms with Gasteiger partial charge in [0.15, 0.2) is 0 Å². The molecule has 0 radical (unpaired) electrons. The molecule has 4 rings (SSSR count). The Balaban J connectivity index is 1.40. The first-order valence-corrected chi connectivity index (χ1v) is 17.5. The second kappa shape index (κ2) is 17.3. The largest absolute Gasteiger partial charge is 0.508 e. The van der Waals surface area contributed by atoms with E-state index in [9.17, 15) is 37.1 Å². The van der Waals surface area contributed by atoms with E-state index in [-0.39, 0.29) is 43.0 Å². The third kappa shape index (κ3) is 9.84. The van der Waals surface area contributed by atoms with Crippen molar-refractivity contribution in [3.8, 4) is 29.2 Å². The summed E-state index contributed by atoms with van der Waals surface area (Å²) in [5.41, 5.74) is 9.82. The average Bonchev–Trinajstić information content (AvgIpc) is 3.41. The number of hydrogen-bond acceptors (Lipinski definition) is 10. The number of sulfonamides is 1. The Morgan fingerprint density at radius 2 is 1.80 bits per heavy atom. The third-order valence-corrected chi connectivity index (χ3v) is 9.07. The molecule has 0 bridgehead atoms. The summed E-state index contributed by atoms with van der Waals surface area (Å²) in [7, 11) is -3.85. The minimum absolute atomic E-state index is 0.00325. The standard InChI is InChI=1S/C34H35FN6O7S2/c1-2-3-4-6-30(43)39-50(47,48)18-5-15-36-32(44)23-9-7-22(8-10-23)24-11-12-25-21-41(34(46)27(25)19-24)31(33(45)38-40-37-16-17-49)28-20-26(35)13-14-29(28)42/h1,7-14,16-17,19-20,31,37,40,42,49H,3-6,15,18,21H2,(H,36,44)(H,38,45)(H,39,43)/b17-16-/t31-/m1/s1. The number of benzene rings is 3. The van der Waals surface area contributed by atoms with Crippen LogP contribution in [0.4, 0.5) is 4.39 Å². The summed E-state index contributed by atoms with van der Waals surface area (Å²) in [6, 6.07) is 13.4. The fraction of sp³-hybridized carbons (Fsp3) is 0.235. The number of halogens is 1. The van der Waals surface area contributed by atoms with Gasteiger partial charge in [-0.1, -0.05) is 24.3 Å². The first kappa shape index (κ1) is 37.4. The van der Waals surface area contributed by atoms with E-state index in [0.717, 1.165) is 18.2 Å². The fourth-order valence-electron chi connectivity index (χ4n) is 5.16. The van der Waals surface area contributed by atoms with Crippen molar-refractivity contribution in [3.63, 3.8) is 0 Å². The first-order chi connectivity index (χ1) is 23.9. The minimum Gasteiger partial charge on any atom is -0.508 e. The molecule has 1 heterocycles. The molecule has 0 aromatic heterocycles. The number of nitrogens with zero attached hydrogens (tertiary/aromatic N) is 1. The van der Waals surface area contributed by atoms with Crippen molar-refractivity contribution in [3.05, 3.63) is 100 Å². The number of aromatic hydroxyl groups is 1. The highest BCUT2D eigenvalue weighted by atomic mass is 32.2. The number of hydrazine groups is 2. The van der Waals surface area contributed by atoms with Gasteiger partial charge < -0.3 is 20.7 Å². The van der Waals surface area contributed by atoms with Gasteiger partial charge in [-0.05, 0) is 71.3 Å². The van der Waals surface area contributed by atoms with E-state index < -0.39 is 45.5 Å². The Labute approximate surface area is 294 Å². The molecular weight excluding hydrogens is 688 g/mol. The molecule has 50 heavy (non-hydrogen) atoms. The number of rotatable bonds is 16. The molecule has 1 aliphatic heterocycles. The van der Waals surface area contributed by atoms with Gasteiger partial charge in [-0.2, -0.15) is 0 Å². The number of carbonyl (C=O) groups is 4. The molecular formula is C34H35FN6O7S2. The van der Waals surface area contributed by atoms with E-state index in [2.05, 4.69) is 40.3 Å². The Morgan fingerprint density at radius 3 is 2.52 bits per heavy atom. The molecule has 0 spiro atoms. The van der Waals surface area contributed by atoms with Crippen molar-refractivity contribution in [2.45, 2.75) is 38.3 Å². The number of phenols is 1. The van der Waals surface area contributed by atoms with Gasteiger partial charge >= 0.3 is 0 Å². The number of phenolic OH excluding ortho intramolecular Hbond substituents is 1. The smallest absolute Gasteiger partial charge is 0.263 e. The number of carbonyl (C=O) groups excluding carboxylic acids is 4. The van der Waals surface area contributed by atoms with Gasteiger partial charge in [-0.15, -0.1) is 30.5 Å². The van der Waals surface area contributed by atoms with Gasteiger partial charge in [0.1, 0.15) is 17.6 Å². The lowest BCUT2D eigenvalue weighted by atomic mass is 9.99. The summed E-state index contributed by atoms with van der Waals surface area (Å²) in [5, 5.41) is 14.5. The quantitative estimate of drug-likeness (QED) is 0.0506. The lowest BCUT2D eigenvalue weighted by Crippen LogP contribution is -2.49. The van der Waals surface area contributed by atoms with Crippen LogP contribution in [0.5, 0.6) is 5.75 Å². The van der Waals surface area contributed by atoms with Crippen LogP contribution < -0.4 is 26.4 Å². The molecule has 1 atom stereocenters. The summed E-state index contributed by atoms with van der Waals surface area (Å²) < 4.78 is 40.5. The number of nitrogens with one attached hydrogen (secondary N) is 5. The zero-order valence-electron chi connectivity index (χ0n) is 26.6. The van der Waals surface area contributed by atoms with E-state index in [1.165, 1.54) is 16.5 Å². The van der Waals surface area contributed by atoms with Crippen molar-refractivity contribution < 1.29 is 37.1 Å². The molecule has 16 heteroatoms. The van der Waals surface area contributed by atoms with E-state index >= 15 is 0 Å². The SMILES string of the molecule is C#CCCCC(=O)NS(=O)(=O)CCCNC(=O)c1ccc(-c2ccc3c(c2)C(=O)N([C@@H](C(=O)NNN/C=C\S)c2cc(F)ccc2O)C3)cc1. The average molecular weight is 723 g/mol. The van der Waals surface area contributed by atoms with E-state index in [1.54, 1.807) is 42.5 Å². The van der Waals surface area contributed by atoms with Crippen LogP contribution >= 0.6 is 12.6 Å². The maximum atomic E-state index is 14.2. The fourth-order valence-corrected chi connectivity index (χ4v) is 6.31. The van der Waals surface area contributed by atoms with E-state index in [1.807, 2.05) is 4.72 Å². The van der Waals surface area contributed by atoms with Crippen LogP contribution in [-0.4, -0.2) is 54.4 Å². The zero-order chi connectivity index (χ0) is 36.3. The van der Waals surface area contributed by atoms with Crippen LogP contribution in [0, 0.1) is 18.2 Å². The Kier molecular flexibility index (Phi) is 13.0. The van der Waals surface area contributed by atoms with Crippen molar-refractivity contribution in [1.29, 1.82) is 0 Å². The minimum atomic E-state index is -3.85. The molecule has 0 aliphatic carbocycles. The summed E-state index contributed by atoms with van der Waals surface area (Å²) >= 11 is 3.90. The van der Waals surface area contributed by atoms with Crippen LogP contribution in [0.15, 0.2) is 72.3 Å². The predicted molar refractivity (Wildman–Crippen MR) is 187 cm³/mol. The Hall–Kier alpha value is -5.37. The molecule has 3 aromatic rings. The molecule has 6 N–H and O–H groups in total. The van der Waals surface area contributed by atoms with Crippen molar-refractivity contribution in [1.82, 2.24) is 31.3 Å². The molecule has 13 nitrogen and oxygen atoms in total. The lowest BCUT2D eigenvalue weighted by Gasteiger charge is -2.27. The van der Waals surface area contributed by atoms with Crippen LogP contribution in [-0.2, 0) is 26.2 Å². The third-order valence-electron chi connectivity index (χ3n) is 7.55. The number of hydrogen-bond donors (Lipinski definition) is 7. The van der Waals surface area contributed by atoms with Crippen molar-refractivity contribution in [2.24, 2.45) is 0 Å². The van der Waals surface area contributed by atoms with Crippen LogP contribution in [0.3, 0.4) is 0 Å². The Bertz CT molecular complexity index is 1930. The summed E-state index contributed by atoms with van der Waals surface area (Å²) in [6.07, 6.45) is 7.34. The first-order valence-electron chi connectivity index (χ1n) is 15.3. The molecule has 0 saturated heterocycles. The predicted octanol–water partition coefficient (Wildman–Crippen LogP) is 2.79. The van der Waals surface area contributed by atoms with Crippen molar-refractivity contribution >= 4 is 46.3 Å². The lowest BCUT2D eigenvalue weighted by molar-refractivity contribution is -0.127. The number of thiol groups is 1. The normalized spacial score (nSPS) is 13.0. The van der Waals surface area contributed by atoms with Gasteiger partial charge in [-0.25, -0.2) is 12.8 Å². The highest BCUT2D eigenvalue weighted by Gasteiger charge is 2.39. The number of unbranched alkanes of at least 4 members (excludes halogenated alkanes) is 1. The van der Waals surface area contributed by atoms with E-state index in [4.69, 9.17) is 6.42 Å². The van der Waals surface area contributed by atoms with Gasteiger partial charge in [0.05, 0.1) is 5.75 Å². The second-order valence-electron chi connectivity index (χ2n) is 11.1. The van der Waals surface area contributed by atoms with Gasteiger partial charge in [0.25, 0.3) is 17.7 Å². The molecule has 1 aliphatic rings. The molecule has 0 fully saturated rings. The maximum Gasteiger partial charge on any atom is 0.263 e. The molecule has 3 aromatic carbocycles. The molecule has 4 amide bonds. The van der Waals surface area contributed by atoms with Gasteiger partial charge in [0, 0.05) is 48.8 Å². The van der Waals surface area contributed by atoms with Crippen molar-refractivity contribution in [2.75, 3.05) is 12.3 Å². The van der Waals surface area contributed by atoms with E-state index in [0.29, 0.717) is 40.7 Å². The second-order valence-corrected chi connectivity index (χ2v) is 13.2. The molecule has 0 saturated carbocycles. The highest BCUT2D eigenvalue weighted by Crippen LogP contribution is 2.37. The maximum absolute atomic E-state index is 14.2. The monoisotopic (exact) mass is 722 g/mol. The number of amides is 4. The number of fused-ring (bicyclic) bond motifs is 1. The van der Waals surface area contributed by atoms with Crippen LogP contribution in [0.2, 0.25) is 0 Å². The zero-order valence-corrected chi connectivity index (χ0v) is 28.3. The molecule has 262 valence electrons. The topological polar surface area (TPSA) is 186 Å². The summed E-state index contributed by atoms with van der Waals surface area (Å²) in [4.78, 5) is 52.6. The highest BCUT2D eigenvalue weighted by molar-refractivity contribution is 7.90. The Morgan fingerprint density at radius 1 is 1.06 bits per heavy atom. The van der Waals surface area contributed by atoms with Gasteiger partial charge in [0.2, 0.25) is 15.9 Å². The number of terminal acetylenes is 1.